The number of thiazole rings is 1. The van der Waals surface area contributed by atoms with E-state index in [2.05, 4.69) is 15.4 Å². The van der Waals surface area contributed by atoms with Gasteiger partial charge in [0.2, 0.25) is 4.96 Å². The van der Waals surface area contributed by atoms with Crippen LogP contribution in [0.1, 0.15) is 10.4 Å². The third kappa shape index (κ3) is 2.12. The van der Waals surface area contributed by atoms with E-state index < -0.39 is 5.97 Å². The Balaban J connectivity index is 1.89. The Morgan fingerprint density at radius 1 is 1.35 bits per heavy atom. The van der Waals surface area contributed by atoms with Gasteiger partial charge in [-0.3, -0.25) is 4.79 Å². The van der Waals surface area contributed by atoms with Crippen molar-refractivity contribution in [3.63, 3.8) is 0 Å². The lowest BCUT2D eigenvalue weighted by Crippen LogP contribution is -2.24. The van der Waals surface area contributed by atoms with E-state index in [4.69, 9.17) is 5.11 Å². The van der Waals surface area contributed by atoms with Gasteiger partial charge in [-0.1, -0.05) is 11.3 Å². The number of rotatable bonds is 3. The van der Waals surface area contributed by atoms with Crippen molar-refractivity contribution in [1.82, 2.24) is 14.6 Å². The summed E-state index contributed by atoms with van der Waals surface area (Å²) < 4.78 is 1.70. The first-order chi connectivity index (χ1) is 9.65. The summed E-state index contributed by atoms with van der Waals surface area (Å²) in [4.78, 5) is 27.1. The Hall–Kier alpha value is -2.74. The summed E-state index contributed by atoms with van der Waals surface area (Å²) in [7, 11) is 0. The normalized spacial score (nSPS) is 11.9. The first-order valence-electron chi connectivity index (χ1n) is 5.58. The van der Waals surface area contributed by atoms with Crippen molar-refractivity contribution in [1.29, 1.82) is 0 Å². The molecule has 2 aromatic heterocycles. The van der Waals surface area contributed by atoms with E-state index in [9.17, 15) is 9.59 Å². The van der Waals surface area contributed by atoms with Crippen LogP contribution in [0.15, 0.2) is 35.4 Å². The molecule has 100 valence electrons. The molecule has 8 heteroatoms. The third-order valence-electron chi connectivity index (χ3n) is 2.62. The standard InChI is InChI=1S/C12H8N4O3S/c17-10-9(20-12-14-6-15-16(10)12)5-13-8-3-1-7(2-4-8)11(18)19/h1-6,13H,(H,18,19)/b9-5-. The van der Waals surface area contributed by atoms with Gasteiger partial charge in [-0.25, -0.2) is 9.78 Å². The van der Waals surface area contributed by atoms with Crippen LogP contribution >= 0.6 is 11.3 Å². The number of aromatic carboxylic acids is 1. The van der Waals surface area contributed by atoms with Gasteiger partial charge in [-0.15, -0.1) is 0 Å². The first-order valence-corrected chi connectivity index (χ1v) is 6.39. The third-order valence-corrected chi connectivity index (χ3v) is 3.60. The maximum Gasteiger partial charge on any atom is 0.335 e. The molecule has 3 aromatic rings. The van der Waals surface area contributed by atoms with Crippen LogP contribution in [0.25, 0.3) is 11.2 Å². The van der Waals surface area contributed by atoms with Gasteiger partial charge in [-0.2, -0.15) is 9.61 Å². The van der Waals surface area contributed by atoms with Crippen molar-refractivity contribution in [2.24, 2.45) is 0 Å². The molecular weight excluding hydrogens is 280 g/mol. The van der Waals surface area contributed by atoms with Crippen LogP contribution in [0.2, 0.25) is 0 Å². The number of anilines is 1. The zero-order valence-electron chi connectivity index (χ0n) is 9.98. The lowest BCUT2D eigenvalue weighted by molar-refractivity contribution is 0.0697. The summed E-state index contributed by atoms with van der Waals surface area (Å²) in [5.74, 6) is -0.979. The second-order valence-electron chi connectivity index (χ2n) is 3.90. The van der Waals surface area contributed by atoms with Crippen LogP contribution < -0.4 is 15.4 Å². The minimum absolute atomic E-state index is 0.207. The van der Waals surface area contributed by atoms with E-state index in [0.29, 0.717) is 15.2 Å². The molecule has 1 aromatic carbocycles. The smallest absolute Gasteiger partial charge is 0.335 e. The largest absolute Gasteiger partial charge is 0.478 e. The Morgan fingerprint density at radius 3 is 2.75 bits per heavy atom. The summed E-state index contributed by atoms with van der Waals surface area (Å²) in [6.07, 6.45) is 2.88. The van der Waals surface area contributed by atoms with E-state index in [1.165, 1.54) is 34.3 Å². The number of hydrogen-bond donors (Lipinski definition) is 2. The highest BCUT2D eigenvalue weighted by Crippen LogP contribution is 2.09. The Kier molecular flexibility index (Phi) is 2.92. The molecule has 7 nitrogen and oxygen atoms in total. The minimum Gasteiger partial charge on any atom is -0.478 e. The van der Waals surface area contributed by atoms with E-state index in [0.717, 1.165) is 0 Å². The molecule has 0 spiro atoms. The molecule has 0 bridgehead atoms. The highest BCUT2D eigenvalue weighted by atomic mass is 32.1. The topological polar surface area (TPSA) is 96.6 Å². The van der Waals surface area contributed by atoms with E-state index in [1.54, 1.807) is 18.3 Å². The summed E-state index contributed by atoms with van der Waals surface area (Å²) in [6, 6.07) is 6.22. The molecule has 0 saturated carbocycles. The molecule has 0 aliphatic heterocycles. The highest BCUT2D eigenvalue weighted by Gasteiger charge is 2.05. The number of fused-ring (bicyclic) bond motifs is 1. The minimum atomic E-state index is -0.979. The molecule has 2 N–H and O–H groups in total. The van der Waals surface area contributed by atoms with Gasteiger partial charge in [-0.05, 0) is 24.3 Å². The molecule has 0 unspecified atom stereocenters. The Bertz CT molecular complexity index is 882. The number of nitrogens with one attached hydrogen (secondary N) is 1. The summed E-state index contributed by atoms with van der Waals surface area (Å²) >= 11 is 1.22. The zero-order valence-corrected chi connectivity index (χ0v) is 10.8. The van der Waals surface area contributed by atoms with Crippen molar-refractivity contribution < 1.29 is 9.90 Å². The van der Waals surface area contributed by atoms with E-state index in [-0.39, 0.29) is 11.1 Å². The molecule has 2 heterocycles. The Labute approximate surface area is 115 Å². The maximum atomic E-state index is 11.9. The first kappa shape index (κ1) is 12.3. The number of carbonyl (C=O) groups is 1. The van der Waals surface area contributed by atoms with Crippen molar-refractivity contribution in [3.8, 4) is 0 Å². The molecule has 0 radical (unpaired) electrons. The average Bonchev–Trinajstić information content (AvgIpc) is 3.01. The number of nitrogens with zero attached hydrogens (tertiary/aromatic N) is 3. The van der Waals surface area contributed by atoms with Gasteiger partial charge in [0.25, 0.3) is 5.56 Å². The van der Waals surface area contributed by atoms with Crippen LogP contribution in [0, 0.1) is 0 Å². The SMILES string of the molecule is O=C(O)c1ccc(N/C=c2\sc3ncnn3c2=O)cc1. The van der Waals surface area contributed by atoms with Crippen LogP contribution in [-0.2, 0) is 0 Å². The lowest BCUT2D eigenvalue weighted by atomic mass is 10.2. The molecule has 0 aliphatic rings. The van der Waals surface area contributed by atoms with E-state index >= 15 is 0 Å². The quantitative estimate of drug-likeness (QED) is 0.725. The average molecular weight is 288 g/mol. The fourth-order valence-electron chi connectivity index (χ4n) is 1.64. The summed E-state index contributed by atoms with van der Waals surface area (Å²) in [5.41, 5.74) is 0.657. The van der Waals surface area contributed by atoms with Crippen LogP contribution in [-0.4, -0.2) is 25.7 Å². The number of aromatic nitrogens is 3. The highest BCUT2D eigenvalue weighted by molar-refractivity contribution is 7.15. The molecule has 0 saturated heterocycles. The predicted molar refractivity (Wildman–Crippen MR) is 73.8 cm³/mol. The monoisotopic (exact) mass is 288 g/mol. The van der Waals surface area contributed by atoms with Crippen molar-refractivity contribution >= 4 is 34.2 Å². The van der Waals surface area contributed by atoms with Crippen molar-refractivity contribution in [2.75, 3.05) is 5.32 Å². The number of hydrogen-bond acceptors (Lipinski definition) is 6. The molecule has 0 atom stereocenters. The van der Waals surface area contributed by atoms with Crippen LogP contribution in [0.4, 0.5) is 5.69 Å². The fraction of sp³-hybridized carbons (Fsp3) is 0. The molecule has 3 rings (SSSR count). The summed E-state index contributed by atoms with van der Waals surface area (Å²) in [5, 5.41) is 15.6. The molecule has 20 heavy (non-hydrogen) atoms. The number of carboxylic acid groups (broad SMARTS) is 1. The second-order valence-corrected chi connectivity index (χ2v) is 4.91. The van der Waals surface area contributed by atoms with Gasteiger partial charge < -0.3 is 10.4 Å². The van der Waals surface area contributed by atoms with Gasteiger partial charge in [0.1, 0.15) is 10.9 Å². The zero-order chi connectivity index (χ0) is 14.1. The molecular formula is C12H8N4O3S. The fourth-order valence-corrected chi connectivity index (χ4v) is 2.44. The summed E-state index contributed by atoms with van der Waals surface area (Å²) in [6.45, 7) is 0. The lowest BCUT2D eigenvalue weighted by Gasteiger charge is -2.00. The van der Waals surface area contributed by atoms with Crippen LogP contribution in [0.3, 0.4) is 0 Å². The predicted octanol–water partition coefficient (Wildman–Crippen LogP) is 0.418. The van der Waals surface area contributed by atoms with E-state index in [1.807, 2.05) is 0 Å². The van der Waals surface area contributed by atoms with Gasteiger partial charge >= 0.3 is 5.97 Å². The van der Waals surface area contributed by atoms with Gasteiger partial charge in [0, 0.05) is 11.9 Å². The van der Waals surface area contributed by atoms with Crippen molar-refractivity contribution in [3.05, 3.63) is 51.0 Å². The van der Waals surface area contributed by atoms with Crippen LogP contribution in [0.5, 0.6) is 0 Å². The molecule has 0 amide bonds. The molecule has 0 aliphatic carbocycles. The molecule has 0 fully saturated rings. The maximum absolute atomic E-state index is 11.9. The number of benzene rings is 1. The van der Waals surface area contributed by atoms with Gasteiger partial charge in [0.15, 0.2) is 0 Å². The Morgan fingerprint density at radius 2 is 2.10 bits per heavy atom. The second kappa shape index (κ2) is 4.74. The van der Waals surface area contributed by atoms with Crippen molar-refractivity contribution in [2.45, 2.75) is 0 Å². The number of carboxylic acids is 1. The van der Waals surface area contributed by atoms with Gasteiger partial charge in [0.05, 0.1) is 5.56 Å².